The fourth-order valence-corrected chi connectivity index (χ4v) is 3.87. The van der Waals surface area contributed by atoms with Gasteiger partial charge in [-0.15, -0.1) is 35.9 Å². The molecule has 2 aromatic heterocycles. The standard InChI is InChI=1S/C20H18NOSi.Ir/c1-23(2,3)18-13-17-19(15-11-7-8-12-16(15)22-17)20(21-18)14-9-5-4-6-10-14;/h4-9,11-13H,1-3H3;/q-1;. The number of pyridine rings is 1. The van der Waals surface area contributed by atoms with Gasteiger partial charge in [0.2, 0.25) is 0 Å². The summed E-state index contributed by atoms with van der Waals surface area (Å²) in [5.74, 6) is 0. The van der Waals surface area contributed by atoms with Crippen molar-refractivity contribution in [3.05, 3.63) is 60.7 Å². The van der Waals surface area contributed by atoms with Crippen LogP contribution in [0.4, 0.5) is 0 Å². The summed E-state index contributed by atoms with van der Waals surface area (Å²) in [6.07, 6.45) is 0. The van der Waals surface area contributed by atoms with Crippen molar-refractivity contribution in [2.24, 2.45) is 0 Å². The molecule has 24 heavy (non-hydrogen) atoms. The van der Waals surface area contributed by atoms with Gasteiger partial charge in [0.05, 0.1) is 0 Å². The third-order valence-corrected chi connectivity index (χ3v) is 5.89. The Kier molecular flexibility index (Phi) is 4.47. The SMILES string of the molecule is C[Si](C)(C)c1cc2oc3ccccc3c2c(-c2[c-]cccc2)n1.[Ir]. The second-order valence-corrected chi connectivity index (χ2v) is 11.9. The Morgan fingerprint density at radius 1 is 0.958 bits per heavy atom. The fourth-order valence-electron chi connectivity index (χ4n) is 2.86. The van der Waals surface area contributed by atoms with Crippen molar-refractivity contribution in [1.29, 1.82) is 0 Å². The topological polar surface area (TPSA) is 26.0 Å². The van der Waals surface area contributed by atoms with Crippen molar-refractivity contribution in [2.45, 2.75) is 19.6 Å². The molecule has 0 N–H and O–H groups in total. The molecule has 1 radical (unpaired) electrons. The van der Waals surface area contributed by atoms with Crippen LogP contribution < -0.4 is 5.32 Å². The van der Waals surface area contributed by atoms with E-state index in [1.54, 1.807) is 0 Å². The predicted octanol–water partition coefficient (Wildman–Crippen LogP) is 4.99. The molecular formula is C20H18IrNOSi-. The van der Waals surface area contributed by atoms with Crippen molar-refractivity contribution in [3.63, 3.8) is 0 Å². The molecule has 0 bridgehead atoms. The van der Waals surface area contributed by atoms with Gasteiger partial charge in [0.1, 0.15) is 19.2 Å². The smallest absolute Gasteiger partial charge is 0.134 e. The van der Waals surface area contributed by atoms with Crippen LogP contribution in [0.2, 0.25) is 19.6 Å². The van der Waals surface area contributed by atoms with Gasteiger partial charge >= 0.3 is 0 Å². The average Bonchev–Trinajstić information content (AvgIpc) is 2.92. The van der Waals surface area contributed by atoms with Crippen molar-refractivity contribution in [1.82, 2.24) is 4.98 Å². The molecule has 4 heteroatoms. The van der Waals surface area contributed by atoms with E-state index in [4.69, 9.17) is 9.40 Å². The maximum atomic E-state index is 6.12. The van der Waals surface area contributed by atoms with Gasteiger partial charge in [-0.05, 0) is 17.8 Å². The minimum atomic E-state index is -1.55. The van der Waals surface area contributed by atoms with Crippen molar-refractivity contribution < 1.29 is 24.5 Å². The Balaban J connectivity index is 0.00000169. The molecule has 0 atom stereocenters. The summed E-state index contributed by atoms with van der Waals surface area (Å²) in [5.41, 5.74) is 3.83. The number of hydrogen-bond donors (Lipinski definition) is 0. The van der Waals surface area contributed by atoms with Gasteiger partial charge in [0.25, 0.3) is 0 Å². The van der Waals surface area contributed by atoms with Crippen molar-refractivity contribution in [2.75, 3.05) is 0 Å². The quantitative estimate of drug-likeness (QED) is 0.282. The molecule has 0 aliphatic rings. The first-order valence-electron chi connectivity index (χ1n) is 7.84. The van der Waals surface area contributed by atoms with Crippen LogP contribution in [-0.2, 0) is 20.1 Å². The minimum absolute atomic E-state index is 0. The summed E-state index contributed by atoms with van der Waals surface area (Å²) >= 11 is 0. The van der Waals surface area contributed by atoms with Crippen LogP contribution in [0.1, 0.15) is 0 Å². The number of benzene rings is 2. The molecule has 0 unspecified atom stereocenters. The number of furan rings is 1. The van der Waals surface area contributed by atoms with E-state index in [1.165, 1.54) is 0 Å². The van der Waals surface area contributed by atoms with Crippen LogP contribution >= 0.6 is 0 Å². The number of nitrogens with zero attached hydrogens (tertiary/aromatic N) is 1. The summed E-state index contributed by atoms with van der Waals surface area (Å²) in [6, 6.07) is 21.6. The largest absolute Gasteiger partial charge is 0.457 e. The molecule has 0 amide bonds. The van der Waals surface area contributed by atoms with E-state index < -0.39 is 8.07 Å². The Bertz CT molecular complexity index is 1000. The summed E-state index contributed by atoms with van der Waals surface area (Å²) in [7, 11) is -1.55. The van der Waals surface area contributed by atoms with Crippen molar-refractivity contribution >= 4 is 35.3 Å². The fraction of sp³-hybridized carbons (Fsp3) is 0.150. The summed E-state index contributed by atoms with van der Waals surface area (Å²) in [6.45, 7) is 6.92. The van der Waals surface area contributed by atoms with Crippen LogP contribution in [0.3, 0.4) is 0 Å². The van der Waals surface area contributed by atoms with Crippen LogP contribution in [0.5, 0.6) is 0 Å². The Morgan fingerprint density at radius 2 is 1.71 bits per heavy atom. The van der Waals surface area contributed by atoms with Crippen LogP contribution in [0.15, 0.2) is 59.0 Å². The van der Waals surface area contributed by atoms with Gasteiger partial charge in [-0.2, -0.15) is 0 Å². The molecule has 4 aromatic rings. The number of aromatic nitrogens is 1. The van der Waals surface area contributed by atoms with Gasteiger partial charge < -0.3 is 9.40 Å². The molecule has 0 saturated heterocycles. The van der Waals surface area contributed by atoms with E-state index in [9.17, 15) is 0 Å². The zero-order valence-corrected chi connectivity index (χ0v) is 17.3. The third kappa shape index (κ3) is 2.86. The summed E-state index contributed by atoms with van der Waals surface area (Å²) < 4.78 is 6.12. The van der Waals surface area contributed by atoms with E-state index in [2.05, 4.69) is 43.9 Å². The Hall–Kier alpha value is -1.74. The van der Waals surface area contributed by atoms with E-state index in [0.29, 0.717) is 0 Å². The van der Waals surface area contributed by atoms with Gasteiger partial charge in [-0.1, -0.05) is 37.8 Å². The molecule has 4 rings (SSSR count). The molecule has 0 aliphatic heterocycles. The minimum Gasteiger partial charge on any atom is -0.457 e. The average molecular weight is 509 g/mol. The van der Waals surface area contributed by atoms with E-state index in [-0.39, 0.29) is 20.1 Å². The zero-order chi connectivity index (χ0) is 16.0. The van der Waals surface area contributed by atoms with Gasteiger partial charge in [-0.25, -0.2) is 0 Å². The van der Waals surface area contributed by atoms with Crippen LogP contribution in [0, 0.1) is 6.07 Å². The van der Waals surface area contributed by atoms with Gasteiger partial charge in [0.15, 0.2) is 0 Å². The number of hydrogen-bond acceptors (Lipinski definition) is 2. The van der Waals surface area contributed by atoms with Crippen LogP contribution in [0.25, 0.3) is 33.2 Å². The second kappa shape index (κ2) is 6.28. The van der Waals surface area contributed by atoms with E-state index >= 15 is 0 Å². The monoisotopic (exact) mass is 509 g/mol. The van der Waals surface area contributed by atoms with Crippen LogP contribution in [-0.4, -0.2) is 13.1 Å². The van der Waals surface area contributed by atoms with Gasteiger partial charge in [0, 0.05) is 36.2 Å². The molecule has 123 valence electrons. The number of rotatable bonds is 2. The Morgan fingerprint density at radius 3 is 2.42 bits per heavy atom. The summed E-state index contributed by atoms with van der Waals surface area (Å²) in [4.78, 5) is 5.04. The first-order valence-corrected chi connectivity index (χ1v) is 11.3. The summed E-state index contributed by atoms with van der Waals surface area (Å²) in [5, 5.41) is 3.37. The molecule has 2 aromatic carbocycles. The molecule has 2 nitrogen and oxygen atoms in total. The molecule has 0 aliphatic carbocycles. The third-order valence-electron chi connectivity index (χ3n) is 4.09. The Labute approximate surface area is 156 Å². The second-order valence-electron chi connectivity index (χ2n) is 6.85. The van der Waals surface area contributed by atoms with E-state index in [0.717, 1.165) is 38.5 Å². The molecule has 0 spiro atoms. The molecule has 0 fully saturated rings. The van der Waals surface area contributed by atoms with Crippen molar-refractivity contribution in [3.8, 4) is 11.3 Å². The number of para-hydroxylation sites is 1. The normalized spacial score (nSPS) is 11.6. The van der Waals surface area contributed by atoms with E-state index in [1.807, 2.05) is 36.4 Å². The predicted molar refractivity (Wildman–Crippen MR) is 98.8 cm³/mol. The zero-order valence-electron chi connectivity index (χ0n) is 13.9. The first kappa shape index (κ1) is 17.1. The maximum Gasteiger partial charge on any atom is 0.134 e. The molecule has 0 saturated carbocycles. The maximum absolute atomic E-state index is 6.12. The molecular weight excluding hydrogens is 491 g/mol. The molecule has 2 heterocycles. The van der Waals surface area contributed by atoms with Gasteiger partial charge in [-0.3, -0.25) is 0 Å². The number of fused-ring (bicyclic) bond motifs is 3. The first-order chi connectivity index (χ1) is 11.0.